The van der Waals surface area contributed by atoms with Gasteiger partial charge in [-0.3, -0.25) is 9.59 Å². The fourth-order valence-corrected chi connectivity index (χ4v) is 2.41. The predicted molar refractivity (Wildman–Crippen MR) is 97.6 cm³/mol. The summed E-state index contributed by atoms with van der Waals surface area (Å²) in [6, 6.07) is 13.5. The van der Waals surface area contributed by atoms with Gasteiger partial charge in [0.1, 0.15) is 24.7 Å². The predicted octanol–water partition coefficient (Wildman–Crippen LogP) is 1.38. The van der Waals surface area contributed by atoms with E-state index < -0.39 is 18.5 Å². The summed E-state index contributed by atoms with van der Waals surface area (Å²) in [7, 11) is 0. The average molecular weight is 385 g/mol. The van der Waals surface area contributed by atoms with Crippen LogP contribution in [-0.4, -0.2) is 50.6 Å². The smallest absolute Gasteiger partial charge is 0.344 e. The quantitative estimate of drug-likeness (QED) is 0.541. The largest absolute Gasteiger partial charge is 0.486 e. The molecule has 0 saturated carbocycles. The zero-order chi connectivity index (χ0) is 19.8. The minimum atomic E-state index is -0.680. The highest BCUT2D eigenvalue weighted by molar-refractivity contribution is 5.81. The minimum absolute atomic E-state index is 0.226. The van der Waals surface area contributed by atoms with Gasteiger partial charge >= 0.3 is 5.97 Å². The monoisotopic (exact) mass is 385 g/mol. The molecule has 146 valence electrons. The van der Waals surface area contributed by atoms with Crippen molar-refractivity contribution in [2.24, 2.45) is 0 Å². The van der Waals surface area contributed by atoms with Crippen LogP contribution in [0, 0.1) is 0 Å². The molecule has 0 saturated heterocycles. The average Bonchev–Trinajstić information content (AvgIpc) is 2.75. The van der Waals surface area contributed by atoms with E-state index in [4.69, 9.17) is 18.9 Å². The van der Waals surface area contributed by atoms with Crippen LogP contribution in [0.4, 0.5) is 0 Å². The summed E-state index contributed by atoms with van der Waals surface area (Å²) < 4.78 is 21.4. The molecule has 1 heterocycles. The Hall–Kier alpha value is -3.55. The molecule has 8 nitrogen and oxygen atoms in total. The van der Waals surface area contributed by atoms with E-state index in [0.29, 0.717) is 35.7 Å². The molecule has 1 aliphatic heterocycles. The molecule has 0 aromatic heterocycles. The Morgan fingerprint density at radius 1 is 1.07 bits per heavy atom. The van der Waals surface area contributed by atoms with Crippen LogP contribution >= 0.6 is 0 Å². The van der Waals surface area contributed by atoms with E-state index in [1.807, 2.05) is 18.2 Å². The van der Waals surface area contributed by atoms with Crippen molar-refractivity contribution in [2.75, 3.05) is 26.4 Å². The Labute approximate surface area is 161 Å². The van der Waals surface area contributed by atoms with Crippen LogP contribution in [0.25, 0.3) is 0 Å². The van der Waals surface area contributed by atoms with Crippen LogP contribution in [-0.2, 0) is 14.3 Å². The topological polar surface area (TPSA) is 100 Å². The number of amides is 1. The second-order valence-corrected chi connectivity index (χ2v) is 5.94. The Kier molecular flexibility index (Phi) is 6.46. The van der Waals surface area contributed by atoms with Crippen molar-refractivity contribution in [2.45, 2.75) is 6.10 Å². The molecular weight excluding hydrogens is 366 g/mol. The minimum Gasteiger partial charge on any atom is -0.486 e. The van der Waals surface area contributed by atoms with Gasteiger partial charge in [-0.05, 0) is 36.4 Å². The van der Waals surface area contributed by atoms with E-state index in [-0.39, 0.29) is 19.3 Å². The molecule has 1 atom stereocenters. The van der Waals surface area contributed by atoms with Gasteiger partial charge < -0.3 is 24.3 Å². The number of ether oxygens (including phenoxy) is 4. The number of esters is 1. The van der Waals surface area contributed by atoms with Gasteiger partial charge in [0.05, 0.1) is 6.54 Å². The summed E-state index contributed by atoms with van der Waals surface area (Å²) in [5.41, 5.74) is 0.502. The van der Waals surface area contributed by atoms with E-state index in [1.54, 1.807) is 30.3 Å². The van der Waals surface area contributed by atoms with E-state index in [1.165, 1.54) is 0 Å². The number of carbonyl (C=O) groups is 3. The maximum atomic E-state index is 11.8. The first-order chi connectivity index (χ1) is 13.6. The van der Waals surface area contributed by atoms with Crippen molar-refractivity contribution >= 4 is 18.2 Å². The van der Waals surface area contributed by atoms with Gasteiger partial charge in [-0.25, -0.2) is 4.79 Å². The SMILES string of the molecule is O=Cc1ccc(OCC(=O)OCC(=O)NC[C@H]2COc3ccccc3O2)cc1. The molecule has 0 bridgehead atoms. The Morgan fingerprint density at radius 2 is 1.82 bits per heavy atom. The number of aldehydes is 1. The summed E-state index contributed by atoms with van der Waals surface area (Å²) in [5.74, 6) is 0.575. The molecule has 0 unspecified atom stereocenters. The van der Waals surface area contributed by atoms with Crippen LogP contribution in [0.2, 0.25) is 0 Å². The third kappa shape index (κ3) is 5.47. The first-order valence-electron chi connectivity index (χ1n) is 8.63. The van der Waals surface area contributed by atoms with E-state index in [0.717, 1.165) is 0 Å². The van der Waals surface area contributed by atoms with Crippen LogP contribution in [0.5, 0.6) is 17.2 Å². The molecule has 0 aliphatic carbocycles. The van der Waals surface area contributed by atoms with Gasteiger partial charge in [0, 0.05) is 5.56 Å². The molecular formula is C20H19NO7. The van der Waals surface area contributed by atoms with Crippen molar-refractivity contribution < 1.29 is 33.3 Å². The Balaban J connectivity index is 1.32. The van der Waals surface area contributed by atoms with E-state index in [9.17, 15) is 14.4 Å². The molecule has 2 aromatic rings. The van der Waals surface area contributed by atoms with Crippen LogP contribution in [0.15, 0.2) is 48.5 Å². The second kappa shape index (κ2) is 9.40. The highest BCUT2D eigenvalue weighted by Crippen LogP contribution is 2.30. The van der Waals surface area contributed by atoms with Gasteiger partial charge in [-0.2, -0.15) is 0 Å². The number of hydrogen-bond acceptors (Lipinski definition) is 7. The highest BCUT2D eigenvalue weighted by atomic mass is 16.6. The standard InChI is InChI=1S/C20H19NO7/c22-10-14-5-7-15(8-6-14)25-13-20(24)27-12-19(23)21-9-16-11-26-17-3-1-2-4-18(17)28-16/h1-8,10,16H,9,11-13H2,(H,21,23)/t16-/m0/s1. The maximum Gasteiger partial charge on any atom is 0.344 e. The molecule has 0 spiro atoms. The summed E-state index contributed by atoms with van der Waals surface area (Å²) in [6.45, 7) is -0.224. The number of rotatable bonds is 8. The summed E-state index contributed by atoms with van der Waals surface area (Å²) >= 11 is 0. The van der Waals surface area contributed by atoms with Crippen LogP contribution < -0.4 is 19.5 Å². The molecule has 0 fully saturated rings. The highest BCUT2D eigenvalue weighted by Gasteiger charge is 2.21. The van der Waals surface area contributed by atoms with Crippen molar-refractivity contribution in [1.29, 1.82) is 0 Å². The van der Waals surface area contributed by atoms with Crippen molar-refractivity contribution in [3.05, 3.63) is 54.1 Å². The lowest BCUT2D eigenvalue weighted by atomic mass is 10.2. The third-order valence-electron chi connectivity index (χ3n) is 3.83. The Morgan fingerprint density at radius 3 is 2.57 bits per heavy atom. The van der Waals surface area contributed by atoms with Crippen molar-refractivity contribution in [3.8, 4) is 17.2 Å². The van der Waals surface area contributed by atoms with Crippen molar-refractivity contribution in [3.63, 3.8) is 0 Å². The van der Waals surface area contributed by atoms with Crippen molar-refractivity contribution in [1.82, 2.24) is 5.32 Å². The number of hydrogen-bond donors (Lipinski definition) is 1. The number of fused-ring (bicyclic) bond motifs is 1. The second-order valence-electron chi connectivity index (χ2n) is 5.94. The number of nitrogens with one attached hydrogen (secondary N) is 1. The fraction of sp³-hybridized carbons (Fsp3) is 0.250. The normalized spacial score (nSPS) is 14.6. The Bertz CT molecular complexity index is 835. The van der Waals surface area contributed by atoms with E-state index >= 15 is 0 Å². The van der Waals surface area contributed by atoms with Crippen LogP contribution in [0.3, 0.4) is 0 Å². The summed E-state index contributed by atoms with van der Waals surface area (Å²) in [6.07, 6.45) is 0.382. The van der Waals surface area contributed by atoms with Crippen LogP contribution in [0.1, 0.15) is 10.4 Å². The zero-order valence-corrected chi connectivity index (χ0v) is 15.0. The van der Waals surface area contributed by atoms with Gasteiger partial charge in [-0.15, -0.1) is 0 Å². The maximum absolute atomic E-state index is 11.8. The number of benzene rings is 2. The zero-order valence-electron chi connectivity index (χ0n) is 15.0. The molecule has 2 aromatic carbocycles. The number of carbonyl (C=O) groups excluding carboxylic acids is 3. The number of para-hydroxylation sites is 2. The lowest BCUT2D eigenvalue weighted by molar-refractivity contribution is -0.150. The first-order valence-corrected chi connectivity index (χ1v) is 8.63. The summed E-state index contributed by atoms with van der Waals surface area (Å²) in [5, 5.41) is 2.63. The van der Waals surface area contributed by atoms with E-state index in [2.05, 4.69) is 5.32 Å². The van der Waals surface area contributed by atoms with Gasteiger partial charge in [-0.1, -0.05) is 12.1 Å². The van der Waals surface area contributed by atoms with Gasteiger partial charge in [0.2, 0.25) is 0 Å². The molecule has 1 N–H and O–H groups in total. The molecule has 28 heavy (non-hydrogen) atoms. The molecule has 3 rings (SSSR count). The van der Waals surface area contributed by atoms with Gasteiger partial charge in [0.25, 0.3) is 5.91 Å². The third-order valence-corrected chi connectivity index (χ3v) is 3.83. The lowest BCUT2D eigenvalue weighted by Gasteiger charge is -2.26. The molecule has 0 radical (unpaired) electrons. The van der Waals surface area contributed by atoms with Gasteiger partial charge in [0.15, 0.2) is 24.7 Å². The summed E-state index contributed by atoms with van der Waals surface area (Å²) in [4.78, 5) is 34.1. The fourth-order valence-electron chi connectivity index (χ4n) is 2.41. The lowest BCUT2D eigenvalue weighted by Crippen LogP contribution is -2.42. The molecule has 1 aliphatic rings. The molecule has 8 heteroatoms. The first kappa shape index (κ1) is 19.2. The molecule has 1 amide bonds.